The number of sulfone groups is 1. The Morgan fingerprint density at radius 2 is 2.09 bits per heavy atom. The molecule has 0 heterocycles. The van der Waals surface area contributed by atoms with E-state index in [0.29, 0.717) is 0 Å². The van der Waals surface area contributed by atoms with E-state index < -0.39 is 33.0 Å². The van der Waals surface area contributed by atoms with Gasteiger partial charge in [-0.3, -0.25) is 4.79 Å². The normalized spacial score (nSPS) is 24.7. The lowest BCUT2D eigenvalue weighted by atomic mass is 10.1. The lowest BCUT2D eigenvalue weighted by Gasteiger charge is -2.13. The summed E-state index contributed by atoms with van der Waals surface area (Å²) in [6.07, 6.45) is -1.08. The summed E-state index contributed by atoms with van der Waals surface area (Å²) in [7, 11) is -3.73. The van der Waals surface area contributed by atoms with Gasteiger partial charge in [0.25, 0.3) is 0 Å². The molecule has 1 saturated carbocycles. The monoisotopic (exact) mass is 342 g/mol. The highest BCUT2D eigenvalue weighted by Gasteiger charge is 2.44. The summed E-state index contributed by atoms with van der Waals surface area (Å²) in [5.41, 5.74) is 0. The molecule has 2 N–H and O–H groups in total. The van der Waals surface area contributed by atoms with Gasteiger partial charge in [-0.25, -0.2) is 8.42 Å². The van der Waals surface area contributed by atoms with Crippen molar-refractivity contribution < 1.29 is 18.3 Å². The molecule has 22 heavy (non-hydrogen) atoms. The first-order valence-electron chi connectivity index (χ1n) is 6.69. The van der Waals surface area contributed by atoms with E-state index in [1.807, 2.05) is 0 Å². The zero-order valence-electron chi connectivity index (χ0n) is 11.6. The Labute approximate surface area is 133 Å². The molecule has 1 fully saturated rings. The molecule has 3 atom stereocenters. The molecule has 0 aromatic heterocycles. The number of aliphatic hydroxyl groups excluding tert-OH is 1. The van der Waals surface area contributed by atoms with Crippen molar-refractivity contribution in [3.63, 3.8) is 0 Å². The fourth-order valence-corrected chi connectivity index (χ4v) is 4.95. The molecule has 1 aromatic carbocycles. The summed E-state index contributed by atoms with van der Waals surface area (Å²) in [6, 6.07) is 7.85. The maximum absolute atomic E-state index is 12.6. The van der Waals surface area contributed by atoms with Crippen LogP contribution in [0.15, 0.2) is 29.2 Å². The molecule has 1 aromatic rings. The number of carbonyl (C=O) groups is 1. The Morgan fingerprint density at radius 1 is 1.41 bits per heavy atom. The standard InChI is InChI=1S/C14H15ClN2O4S/c15-11-3-1-2-4-13(11)22(20,21)9-7-10(12(18)8-9)14(19)17-6-5-16/h1-4,9-10,12,18H,6-8H2,(H,17,19)/t9?,10-,12-/m1/s1. The number of nitriles is 1. The predicted molar refractivity (Wildman–Crippen MR) is 79.8 cm³/mol. The summed E-state index contributed by atoms with van der Waals surface area (Å²) in [4.78, 5) is 11.9. The van der Waals surface area contributed by atoms with Crippen LogP contribution in [0.4, 0.5) is 0 Å². The van der Waals surface area contributed by atoms with Crippen molar-refractivity contribution in [3.8, 4) is 6.07 Å². The first-order valence-corrected chi connectivity index (χ1v) is 8.61. The van der Waals surface area contributed by atoms with Gasteiger partial charge in [-0.1, -0.05) is 23.7 Å². The van der Waals surface area contributed by atoms with Crippen LogP contribution in [0.25, 0.3) is 0 Å². The largest absolute Gasteiger partial charge is 0.392 e. The summed E-state index contributed by atoms with van der Waals surface area (Å²) < 4.78 is 25.2. The molecule has 1 amide bonds. The molecule has 0 spiro atoms. The molecule has 0 radical (unpaired) electrons. The van der Waals surface area contributed by atoms with E-state index in [0.717, 1.165) is 0 Å². The van der Waals surface area contributed by atoms with Crippen LogP contribution in [-0.4, -0.2) is 37.3 Å². The van der Waals surface area contributed by atoms with Gasteiger partial charge in [-0.05, 0) is 25.0 Å². The molecule has 1 aliphatic rings. The summed E-state index contributed by atoms with van der Waals surface area (Å²) >= 11 is 5.93. The number of carbonyl (C=O) groups excluding carboxylic acids is 1. The minimum absolute atomic E-state index is 0.00594. The number of aliphatic hydroxyl groups is 1. The van der Waals surface area contributed by atoms with Gasteiger partial charge < -0.3 is 10.4 Å². The van der Waals surface area contributed by atoms with Gasteiger partial charge in [-0.15, -0.1) is 0 Å². The van der Waals surface area contributed by atoms with Gasteiger partial charge in [-0.2, -0.15) is 5.26 Å². The topological polar surface area (TPSA) is 107 Å². The van der Waals surface area contributed by atoms with Gasteiger partial charge in [0.05, 0.1) is 33.3 Å². The first-order chi connectivity index (χ1) is 10.4. The Morgan fingerprint density at radius 3 is 2.73 bits per heavy atom. The number of hydrogen-bond acceptors (Lipinski definition) is 5. The molecule has 1 unspecified atom stereocenters. The molecule has 1 aliphatic carbocycles. The minimum atomic E-state index is -3.73. The Bertz CT molecular complexity index is 714. The van der Waals surface area contributed by atoms with E-state index in [2.05, 4.69) is 5.32 Å². The van der Waals surface area contributed by atoms with Gasteiger partial charge in [0.1, 0.15) is 6.54 Å². The van der Waals surface area contributed by atoms with Crippen LogP contribution in [0.2, 0.25) is 5.02 Å². The second-order valence-corrected chi connectivity index (χ2v) is 7.72. The Kier molecular flexibility index (Phi) is 5.06. The molecule has 0 aliphatic heterocycles. The van der Waals surface area contributed by atoms with Crippen LogP contribution in [-0.2, 0) is 14.6 Å². The number of halogens is 1. The molecule has 6 nitrogen and oxygen atoms in total. The van der Waals surface area contributed by atoms with E-state index in [9.17, 15) is 18.3 Å². The fourth-order valence-electron chi connectivity index (χ4n) is 2.62. The molecule has 118 valence electrons. The molecule has 2 rings (SSSR count). The lowest BCUT2D eigenvalue weighted by molar-refractivity contribution is -0.127. The highest BCUT2D eigenvalue weighted by atomic mass is 35.5. The number of hydrogen-bond donors (Lipinski definition) is 2. The Balaban J connectivity index is 2.20. The third-order valence-electron chi connectivity index (χ3n) is 3.75. The van der Waals surface area contributed by atoms with Crippen LogP contribution in [0.3, 0.4) is 0 Å². The molecule has 8 heteroatoms. The van der Waals surface area contributed by atoms with Gasteiger partial charge >= 0.3 is 0 Å². The van der Waals surface area contributed by atoms with Crippen LogP contribution < -0.4 is 5.32 Å². The second kappa shape index (κ2) is 6.65. The summed E-state index contributed by atoms with van der Waals surface area (Å²) in [5, 5.41) is 20.0. The van der Waals surface area contributed by atoms with Crippen LogP contribution >= 0.6 is 11.6 Å². The van der Waals surface area contributed by atoms with Gasteiger partial charge in [0.15, 0.2) is 9.84 Å². The van der Waals surface area contributed by atoms with E-state index in [1.165, 1.54) is 12.1 Å². The number of amides is 1. The van der Waals surface area contributed by atoms with Crippen molar-refractivity contribution >= 4 is 27.3 Å². The SMILES string of the molecule is N#CCNC(=O)[C@@H]1CC(S(=O)(=O)c2ccccc2Cl)C[C@H]1O. The second-order valence-electron chi connectivity index (χ2n) is 5.12. The lowest BCUT2D eigenvalue weighted by Crippen LogP contribution is -2.35. The van der Waals surface area contributed by atoms with Gasteiger partial charge in [0.2, 0.25) is 5.91 Å². The number of nitrogens with zero attached hydrogens (tertiary/aromatic N) is 1. The summed E-state index contributed by atoms with van der Waals surface area (Å²) in [6.45, 7) is -0.177. The minimum Gasteiger partial charge on any atom is -0.392 e. The van der Waals surface area contributed by atoms with Crippen LogP contribution in [0, 0.1) is 17.2 Å². The van der Waals surface area contributed by atoms with Gasteiger partial charge in [0, 0.05) is 0 Å². The van der Waals surface area contributed by atoms with Crippen molar-refractivity contribution in [1.82, 2.24) is 5.32 Å². The molecular weight excluding hydrogens is 328 g/mol. The van der Waals surface area contributed by atoms with Crippen LogP contribution in [0.1, 0.15) is 12.8 Å². The first kappa shape index (κ1) is 16.7. The van der Waals surface area contributed by atoms with Crippen molar-refractivity contribution in [3.05, 3.63) is 29.3 Å². The van der Waals surface area contributed by atoms with Crippen molar-refractivity contribution in [1.29, 1.82) is 5.26 Å². The third kappa shape index (κ3) is 3.24. The van der Waals surface area contributed by atoms with E-state index >= 15 is 0 Å². The van der Waals surface area contributed by atoms with Crippen LogP contribution in [0.5, 0.6) is 0 Å². The van der Waals surface area contributed by atoms with E-state index in [4.69, 9.17) is 16.9 Å². The molecular formula is C14H15ClN2O4S. The quantitative estimate of drug-likeness (QED) is 0.790. The van der Waals surface area contributed by atoms with Crippen molar-refractivity contribution in [2.24, 2.45) is 5.92 Å². The smallest absolute Gasteiger partial charge is 0.226 e. The zero-order valence-corrected chi connectivity index (χ0v) is 13.1. The Hall–Kier alpha value is -1.62. The maximum atomic E-state index is 12.6. The highest BCUT2D eigenvalue weighted by Crippen LogP contribution is 2.36. The van der Waals surface area contributed by atoms with Crippen molar-refractivity contribution in [2.45, 2.75) is 29.1 Å². The molecule has 0 bridgehead atoms. The number of nitrogens with one attached hydrogen (secondary N) is 1. The van der Waals surface area contributed by atoms with E-state index in [1.54, 1.807) is 18.2 Å². The summed E-state index contributed by atoms with van der Waals surface area (Å²) in [5.74, 6) is -1.35. The van der Waals surface area contributed by atoms with Crippen molar-refractivity contribution in [2.75, 3.05) is 6.54 Å². The number of benzene rings is 1. The molecule has 0 saturated heterocycles. The average molecular weight is 343 g/mol. The van der Waals surface area contributed by atoms with E-state index in [-0.39, 0.29) is 29.3 Å². The average Bonchev–Trinajstić information content (AvgIpc) is 2.88. The zero-order chi connectivity index (χ0) is 16.3. The predicted octanol–water partition coefficient (Wildman–Crippen LogP) is 0.893. The third-order valence-corrected chi connectivity index (χ3v) is 6.42. The maximum Gasteiger partial charge on any atom is 0.226 e. The highest BCUT2D eigenvalue weighted by molar-refractivity contribution is 7.92. The number of rotatable bonds is 4. The fraction of sp³-hybridized carbons (Fsp3) is 0.429.